The second-order valence-corrected chi connectivity index (χ2v) is 4.26. The van der Waals surface area contributed by atoms with E-state index in [0.29, 0.717) is 0 Å². The van der Waals surface area contributed by atoms with Gasteiger partial charge in [-0.05, 0) is 6.92 Å². The van der Waals surface area contributed by atoms with Crippen molar-refractivity contribution < 1.29 is 0 Å². The van der Waals surface area contributed by atoms with E-state index in [0.717, 1.165) is 35.3 Å². The predicted octanol–water partition coefficient (Wildman–Crippen LogP) is 1.58. The van der Waals surface area contributed by atoms with Crippen molar-refractivity contribution in [3.05, 3.63) is 12.5 Å². The highest BCUT2D eigenvalue weighted by molar-refractivity contribution is 9.09. The molecule has 0 fully saturated rings. The highest BCUT2D eigenvalue weighted by Gasteiger charge is 2.12. The van der Waals surface area contributed by atoms with Gasteiger partial charge in [0.25, 0.3) is 0 Å². The van der Waals surface area contributed by atoms with Crippen molar-refractivity contribution in [1.82, 2.24) is 19.7 Å². The Kier molecular flexibility index (Phi) is 3.38. The molecule has 5 nitrogen and oxygen atoms in total. The molecule has 0 N–H and O–H groups in total. The summed E-state index contributed by atoms with van der Waals surface area (Å²) in [5.74, 6) is 0.958. The number of halogens is 1. The molecule has 6 heteroatoms. The second kappa shape index (κ2) is 4.78. The maximum Gasteiger partial charge on any atom is 0.163 e. The fourth-order valence-electron chi connectivity index (χ4n) is 1.72. The fourth-order valence-corrected chi connectivity index (χ4v) is 2.15. The highest BCUT2D eigenvalue weighted by Crippen LogP contribution is 2.21. The zero-order chi connectivity index (χ0) is 11.5. The molecular weight excluding hydrogens is 270 g/mol. The molecule has 0 bridgehead atoms. The lowest BCUT2D eigenvalue weighted by molar-refractivity contribution is 0.784. The summed E-state index contributed by atoms with van der Waals surface area (Å²) in [6.45, 7) is 3.97. The Hall–Kier alpha value is -1.17. The van der Waals surface area contributed by atoms with Crippen LogP contribution in [0.5, 0.6) is 0 Å². The van der Waals surface area contributed by atoms with E-state index in [2.05, 4.69) is 42.8 Å². The summed E-state index contributed by atoms with van der Waals surface area (Å²) in [4.78, 5) is 10.8. The van der Waals surface area contributed by atoms with Crippen molar-refractivity contribution in [2.75, 3.05) is 23.3 Å². The Labute approximate surface area is 103 Å². The average molecular weight is 284 g/mol. The van der Waals surface area contributed by atoms with Crippen molar-refractivity contribution in [3.63, 3.8) is 0 Å². The highest BCUT2D eigenvalue weighted by atomic mass is 79.9. The van der Waals surface area contributed by atoms with Gasteiger partial charge in [-0.1, -0.05) is 15.9 Å². The lowest BCUT2D eigenvalue weighted by atomic mass is 10.3. The van der Waals surface area contributed by atoms with Crippen molar-refractivity contribution in [3.8, 4) is 0 Å². The molecule has 0 aromatic carbocycles. The Bertz CT molecular complexity index is 481. The van der Waals surface area contributed by atoms with Gasteiger partial charge in [-0.3, -0.25) is 4.68 Å². The van der Waals surface area contributed by atoms with Gasteiger partial charge in [-0.2, -0.15) is 5.10 Å². The number of alkyl halides is 1. The van der Waals surface area contributed by atoms with Crippen LogP contribution in [-0.4, -0.2) is 38.2 Å². The molecule has 0 amide bonds. The molecule has 16 heavy (non-hydrogen) atoms. The van der Waals surface area contributed by atoms with Gasteiger partial charge in [0.05, 0.1) is 11.6 Å². The Morgan fingerprint density at radius 3 is 2.94 bits per heavy atom. The summed E-state index contributed by atoms with van der Waals surface area (Å²) >= 11 is 3.45. The normalized spacial score (nSPS) is 10.9. The van der Waals surface area contributed by atoms with Crippen LogP contribution in [0.1, 0.15) is 6.92 Å². The number of aryl methyl sites for hydroxylation is 1. The molecule has 2 rings (SSSR count). The number of fused-ring (bicyclic) bond motifs is 1. The maximum absolute atomic E-state index is 4.35. The first-order chi connectivity index (χ1) is 7.77. The van der Waals surface area contributed by atoms with Crippen LogP contribution in [0.15, 0.2) is 12.5 Å². The summed E-state index contributed by atoms with van der Waals surface area (Å²) in [5, 5.41) is 6.14. The fraction of sp³-hybridized carbons (Fsp3) is 0.500. The molecule has 2 aromatic rings. The van der Waals surface area contributed by atoms with Gasteiger partial charge in [-0.15, -0.1) is 0 Å². The standard InChI is InChI=1S/C10H14BrN5/c1-3-16(5-4-11)10-8-6-14-15(2)9(8)12-7-13-10/h6-7H,3-5H2,1-2H3. The van der Waals surface area contributed by atoms with E-state index in [1.54, 1.807) is 11.0 Å². The van der Waals surface area contributed by atoms with Gasteiger partial charge >= 0.3 is 0 Å². The molecule has 86 valence electrons. The molecule has 0 saturated carbocycles. The quantitative estimate of drug-likeness (QED) is 0.800. The minimum absolute atomic E-state index is 0.873. The Morgan fingerprint density at radius 1 is 1.44 bits per heavy atom. The lowest BCUT2D eigenvalue weighted by Crippen LogP contribution is -2.26. The molecule has 0 aliphatic carbocycles. The molecule has 2 heterocycles. The van der Waals surface area contributed by atoms with Gasteiger partial charge in [0.15, 0.2) is 5.65 Å². The molecular formula is C10H14BrN5. The van der Waals surface area contributed by atoms with Crippen molar-refractivity contribution in [2.45, 2.75) is 6.92 Å². The summed E-state index contributed by atoms with van der Waals surface area (Å²) in [7, 11) is 1.89. The zero-order valence-electron chi connectivity index (χ0n) is 9.39. The van der Waals surface area contributed by atoms with E-state index >= 15 is 0 Å². The van der Waals surface area contributed by atoms with Crippen molar-refractivity contribution >= 4 is 32.8 Å². The van der Waals surface area contributed by atoms with Crippen LogP contribution in [0.25, 0.3) is 11.0 Å². The number of nitrogens with zero attached hydrogens (tertiary/aromatic N) is 5. The van der Waals surface area contributed by atoms with Gasteiger partial charge in [0.1, 0.15) is 12.1 Å². The summed E-state index contributed by atoms with van der Waals surface area (Å²) < 4.78 is 1.77. The maximum atomic E-state index is 4.35. The molecule has 0 saturated heterocycles. The van der Waals surface area contributed by atoms with E-state index < -0.39 is 0 Å². The molecule has 0 unspecified atom stereocenters. The van der Waals surface area contributed by atoms with Crippen molar-refractivity contribution in [2.24, 2.45) is 7.05 Å². The monoisotopic (exact) mass is 283 g/mol. The average Bonchev–Trinajstić information content (AvgIpc) is 2.68. The Morgan fingerprint density at radius 2 is 2.25 bits per heavy atom. The molecule has 0 spiro atoms. The molecule has 0 aliphatic rings. The predicted molar refractivity (Wildman–Crippen MR) is 68.0 cm³/mol. The first-order valence-corrected chi connectivity index (χ1v) is 6.33. The van der Waals surface area contributed by atoms with Gasteiger partial charge < -0.3 is 4.90 Å². The number of hydrogen-bond donors (Lipinski definition) is 0. The molecule has 0 atom stereocenters. The smallest absolute Gasteiger partial charge is 0.163 e. The van der Waals surface area contributed by atoms with E-state index in [1.165, 1.54) is 0 Å². The summed E-state index contributed by atoms with van der Waals surface area (Å²) in [6, 6.07) is 0. The van der Waals surface area contributed by atoms with Gasteiger partial charge in [-0.25, -0.2) is 9.97 Å². The van der Waals surface area contributed by atoms with Crippen LogP contribution in [0, 0.1) is 0 Å². The minimum atomic E-state index is 0.873. The van der Waals surface area contributed by atoms with Crippen LogP contribution < -0.4 is 4.90 Å². The third-order valence-electron chi connectivity index (χ3n) is 2.54. The Balaban J connectivity index is 2.50. The SMILES string of the molecule is CCN(CCBr)c1ncnc2c1cnn2C. The van der Waals surface area contributed by atoms with E-state index in [1.807, 2.05) is 13.2 Å². The largest absolute Gasteiger partial charge is 0.355 e. The topological polar surface area (TPSA) is 46.8 Å². The molecule has 0 aliphatic heterocycles. The summed E-state index contributed by atoms with van der Waals surface area (Å²) in [5.41, 5.74) is 0.873. The van der Waals surface area contributed by atoms with Gasteiger partial charge in [0, 0.05) is 25.5 Å². The van der Waals surface area contributed by atoms with Gasteiger partial charge in [0.2, 0.25) is 0 Å². The van der Waals surface area contributed by atoms with E-state index in [9.17, 15) is 0 Å². The first-order valence-electron chi connectivity index (χ1n) is 5.21. The van der Waals surface area contributed by atoms with E-state index in [4.69, 9.17) is 0 Å². The van der Waals surface area contributed by atoms with E-state index in [-0.39, 0.29) is 0 Å². The number of anilines is 1. The molecule has 2 aromatic heterocycles. The number of hydrogen-bond acceptors (Lipinski definition) is 4. The molecule has 0 radical (unpaired) electrons. The third kappa shape index (κ3) is 1.89. The minimum Gasteiger partial charge on any atom is -0.355 e. The first kappa shape index (κ1) is 11.3. The van der Waals surface area contributed by atoms with Crippen molar-refractivity contribution in [1.29, 1.82) is 0 Å². The van der Waals surface area contributed by atoms with Crippen LogP contribution in [0.2, 0.25) is 0 Å². The number of aromatic nitrogens is 4. The third-order valence-corrected chi connectivity index (χ3v) is 2.90. The summed E-state index contributed by atoms with van der Waals surface area (Å²) in [6.07, 6.45) is 3.41. The zero-order valence-corrected chi connectivity index (χ0v) is 11.0. The van der Waals surface area contributed by atoms with Crippen LogP contribution >= 0.6 is 15.9 Å². The number of rotatable bonds is 4. The van der Waals surface area contributed by atoms with Crippen LogP contribution in [-0.2, 0) is 7.05 Å². The lowest BCUT2D eigenvalue weighted by Gasteiger charge is -2.20. The second-order valence-electron chi connectivity index (χ2n) is 3.47. The van der Waals surface area contributed by atoms with Crippen LogP contribution in [0.4, 0.5) is 5.82 Å². The van der Waals surface area contributed by atoms with Crippen LogP contribution in [0.3, 0.4) is 0 Å².